The van der Waals surface area contributed by atoms with Crippen LogP contribution in [0.25, 0.3) is 0 Å². The summed E-state index contributed by atoms with van der Waals surface area (Å²) >= 11 is 1.75. The number of hydrogen-bond acceptors (Lipinski definition) is 3. The maximum atomic E-state index is 9.87. The van der Waals surface area contributed by atoms with E-state index in [2.05, 4.69) is 41.7 Å². The van der Waals surface area contributed by atoms with Crippen LogP contribution < -0.4 is 5.32 Å². The molecule has 0 fully saturated rings. The van der Waals surface area contributed by atoms with E-state index in [1.165, 1.54) is 15.4 Å². The predicted octanol–water partition coefficient (Wildman–Crippen LogP) is 3.35. The van der Waals surface area contributed by atoms with Crippen LogP contribution in [0, 0.1) is 0 Å². The van der Waals surface area contributed by atoms with Crippen LogP contribution in [0.5, 0.6) is 0 Å². The zero-order chi connectivity index (χ0) is 14.2. The summed E-state index contributed by atoms with van der Waals surface area (Å²) in [4.78, 5) is 2.47. The van der Waals surface area contributed by atoms with Crippen LogP contribution in [0.3, 0.4) is 0 Å². The largest absolute Gasteiger partial charge is 0.391 e. The van der Waals surface area contributed by atoms with E-state index in [1.54, 1.807) is 11.8 Å². The Labute approximate surface area is 125 Å². The van der Waals surface area contributed by atoms with Crippen LogP contribution in [0.15, 0.2) is 64.4 Å². The van der Waals surface area contributed by atoms with Crippen LogP contribution in [0.1, 0.15) is 12.5 Å². The molecule has 2 rings (SSSR count). The monoisotopic (exact) mass is 287 g/mol. The van der Waals surface area contributed by atoms with Gasteiger partial charge in [0.15, 0.2) is 0 Å². The summed E-state index contributed by atoms with van der Waals surface area (Å²) in [5, 5.41) is 13.0. The average molecular weight is 287 g/mol. The molecule has 0 aliphatic heterocycles. The number of likely N-dealkylation sites (N-methyl/N-ethyl adjacent to an activating group) is 1. The van der Waals surface area contributed by atoms with Crippen molar-refractivity contribution in [2.75, 3.05) is 13.1 Å². The lowest BCUT2D eigenvalue weighted by Gasteiger charge is -2.11. The van der Waals surface area contributed by atoms with Crippen molar-refractivity contribution < 1.29 is 5.11 Å². The molecule has 0 heterocycles. The van der Waals surface area contributed by atoms with Gasteiger partial charge in [0.25, 0.3) is 0 Å². The van der Waals surface area contributed by atoms with Crippen LogP contribution >= 0.6 is 11.8 Å². The first-order valence-electron chi connectivity index (χ1n) is 6.98. The van der Waals surface area contributed by atoms with Crippen LogP contribution in [-0.2, 0) is 6.42 Å². The van der Waals surface area contributed by atoms with Crippen molar-refractivity contribution in [3.63, 3.8) is 0 Å². The molecule has 0 bridgehead atoms. The molecule has 2 aromatic rings. The number of hydrogen-bond donors (Lipinski definition) is 2. The third kappa shape index (κ3) is 5.00. The van der Waals surface area contributed by atoms with Crippen molar-refractivity contribution in [2.45, 2.75) is 29.2 Å². The Kier molecular flexibility index (Phi) is 6.12. The van der Waals surface area contributed by atoms with Gasteiger partial charge in [0, 0.05) is 16.3 Å². The number of rotatable bonds is 7. The van der Waals surface area contributed by atoms with Crippen molar-refractivity contribution in [3.05, 3.63) is 60.2 Å². The van der Waals surface area contributed by atoms with Gasteiger partial charge in [-0.3, -0.25) is 0 Å². The van der Waals surface area contributed by atoms with Gasteiger partial charge in [0.05, 0.1) is 6.10 Å². The van der Waals surface area contributed by atoms with Crippen molar-refractivity contribution in [1.29, 1.82) is 0 Å². The standard InChI is InChI=1S/C17H21NOS/c1-2-18-13-15(19)12-14-8-10-17(11-9-14)20-16-6-4-3-5-7-16/h3-11,15,18-19H,2,12-13H2,1H3. The maximum Gasteiger partial charge on any atom is 0.0704 e. The van der Waals surface area contributed by atoms with Gasteiger partial charge in [-0.05, 0) is 42.8 Å². The zero-order valence-corrected chi connectivity index (χ0v) is 12.6. The lowest BCUT2D eigenvalue weighted by atomic mass is 10.1. The van der Waals surface area contributed by atoms with Gasteiger partial charge < -0.3 is 10.4 Å². The molecule has 0 radical (unpaired) electrons. The van der Waals surface area contributed by atoms with Gasteiger partial charge in [-0.15, -0.1) is 0 Å². The van der Waals surface area contributed by atoms with Gasteiger partial charge in [-0.25, -0.2) is 0 Å². The molecule has 0 aliphatic rings. The van der Waals surface area contributed by atoms with E-state index in [9.17, 15) is 5.11 Å². The number of nitrogens with one attached hydrogen (secondary N) is 1. The average Bonchev–Trinajstić information content (AvgIpc) is 2.48. The van der Waals surface area contributed by atoms with E-state index in [0.717, 1.165) is 6.54 Å². The normalized spacial score (nSPS) is 12.3. The first kappa shape index (κ1) is 15.1. The summed E-state index contributed by atoms with van der Waals surface area (Å²) in [5.74, 6) is 0. The van der Waals surface area contributed by atoms with Crippen LogP contribution in [0.4, 0.5) is 0 Å². The minimum absolute atomic E-state index is 0.317. The third-order valence-corrected chi connectivity index (χ3v) is 4.02. The summed E-state index contributed by atoms with van der Waals surface area (Å²) in [6.45, 7) is 3.59. The van der Waals surface area contributed by atoms with E-state index in [1.807, 2.05) is 25.1 Å². The molecule has 0 aromatic heterocycles. The topological polar surface area (TPSA) is 32.3 Å². The summed E-state index contributed by atoms with van der Waals surface area (Å²) < 4.78 is 0. The lowest BCUT2D eigenvalue weighted by molar-refractivity contribution is 0.172. The van der Waals surface area contributed by atoms with Crippen molar-refractivity contribution in [3.8, 4) is 0 Å². The Balaban J connectivity index is 1.89. The Morgan fingerprint density at radius 1 is 1.00 bits per heavy atom. The fourth-order valence-corrected chi connectivity index (χ4v) is 2.81. The van der Waals surface area contributed by atoms with Gasteiger partial charge in [0.1, 0.15) is 0 Å². The highest BCUT2D eigenvalue weighted by atomic mass is 32.2. The Hall–Kier alpha value is -1.29. The van der Waals surface area contributed by atoms with E-state index in [-0.39, 0.29) is 6.10 Å². The van der Waals surface area contributed by atoms with Gasteiger partial charge in [-0.2, -0.15) is 0 Å². The summed E-state index contributed by atoms with van der Waals surface area (Å²) in [6.07, 6.45) is 0.381. The number of benzene rings is 2. The van der Waals surface area contributed by atoms with Crippen molar-refractivity contribution >= 4 is 11.8 Å². The Morgan fingerprint density at radius 3 is 2.30 bits per heavy atom. The number of aliphatic hydroxyl groups excluding tert-OH is 1. The second-order valence-electron chi connectivity index (χ2n) is 4.72. The smallest absolute Gasteiger partial charge is 0.0704 e. The predicted molar refractivity (Wildman–Crippen MR) is 85.3 cm³/mol. The molecule has 20 heavy (non-hydrogen) atoms. The van der Waals surface area contributed by atoms with Gasteiger partial charge in [0.2, 0.25) is 0 Å². The van der Waals surface area contributed by atoms with E-state index in [0.29, 0.717) is 13.0 Å². The first-order valence-corrected chi connectivity index (χ1v) is 7.80. The fraction of sp³-hybridized carbons (Fsp3) is 0.294. The zero-order valence-electron chi connectivity index (χ0n) is 11.8. The summed E-state index contributed by atoms with van der Waals surface area (Å²) in [5.41, 5.74) is 1.17. The Morgan fingerprint density at radius 2 is 1.65 bits per heavy atom. The molecule has 2 nitrogen and oxygen atoms in total. The highest BCUT2D eigenvalue weighted by Crippen LogP contribution is 2.27. The molecule has 3 heteroatoms. The first-order chi connectivity index (χ1) is 9.78. The van der Waals surface area contributed by atoms with Crippen LogP contribution in [-0.4, -0.2) is 24.3 Å². The molecule has 0 amide bonds. The van der Waals surface area contributed by atoms with E-state index >= 15 is 0 Å². The molecular formula is C17H21NOS. The molecule has 1 unspecified atom stereocenters. The second kappa shape index (κ2) is 8.10. The molecule has 0 spiro atoms. The summed E-state index contributed by atoms with van der Waals surface area (Å²) in [6, 6.07) is 18.8. The molecule has 106 valence electrons. The maximum absolute atomic E-state index is 9.87. The molecule has 0 saturated carbocycles. The molecule has 0 saturated heterocycles. The minimum Gasteiger partial charge on any atom is -0.391 e. The highest BCUT2D eigenvalue weighted by Gasteiger charge is 2.05. The SMILES string of the molecule is CCNCC(O)Cc1ccc(Sc2ccccc2)cc1. The number of aliphatic hydroxyl groups is 1. The van der Waals surface area contributed by atoms with Crippen molar-refractivity contribution in [2.24, 2.45) is 0 Å². The minimum atomic E-state index is -0.317. The quantitative estimate of drug-likeness (QED) is 0.819. The molecule has 2 N–H and O–H groups in total. The molecule has 1 atom stereocenters. The Bertz CT molecular complexity index is 498. The molecule has 2 aromatic carbocycles. The molecular weight excluding hydrogens is 266 g/mol. The third-order valence-electron chi connectivity index (χ3n) is 3.00. The van der Waals surface area contributed by atoms with Gasteiger partial charge in [-0.1, -0.05) is 49.0 Å². The van der Waals surface area contributed by atoms with E-state index in [4.69, 9.17) is 0 Å². The van der Waals surface area contributed by atoms with E-state index < -0.39 is 0 Å². The lowest BCUT2D eigenvalue weighted by Crippen LogP contribution is -2.28. The van der Waals surface area contributed by atoms with Gasteiger partial charge >= 0.3 is 0 Å². The van der Waals surface area contributed by atoms with Crippen molar-refractivity contribution in [1.82, 2.24) is 5.32 Å². The fourth-order valence-electron chi connectivity index (χ4n) is 1.97. The van der Waals surface area contributed by atoms with Crippen LogP contribution in [0.2, 0.25) is 0 Å². The summed E-state index contributed by atoms with van der Waals surface area (Å²) in [7, 11) is 0. The second-order valence-corrected chi connectivity index (χ2v) is 5.87. The molecule has 0 aliphatic carbocycles. The highest BCUT2D eigenvalue weighted by molar-refractivity contribution is 7.99.